The van der Waals surface area contributed by atoms with Gasteiger partial charge in [0.25, 0.3) is 0 Å². The molecule has 3 nitrogen and oxygen atoms in total. The molecule has 0 atom stereocenters. The van der Waals surface area contributed by atoms with Gasteiger partial charge in [-0.25, -0.2) is 0 Å². The number of benzene rings is 1. The molecule has 104 valence electrons. The lowest BCUT2D eigenvalue weighted by molar-refractivity contribution is -0.130. The molecule has 1 fully saturated rings. The molecule has 1 aliphatic rings. The van der Waals surface area contributed by atoms with Crippen molar-refractivity contribution in [3.8, 4) is 0 Å². The van der Waals surface area contributed by atoms with Crippen molar-refractivity contribution in [1.29, 1.82) is 0 Å². The van der Waals surface area contributed by atoms with Crippen LogP contribution in [0.2, 0.25) is 0 Å². The smallest absolute Gasteiger partial charge is 0.241 e. The first-order valence-corrected chi connectivity index (χ1v) is 7.14. The minimum atomic E-state index is 0.214. The van der Waals surface area contributed by atoms with Crippen molar-refractivity contribution >= 4 is 11.6 Å². The highest BCUT2D eigenvalue weighted by Gasteiger charge is 2.19. The van der Waals surface area contributed by atoms with Crippen LogP contribution in [0.3, 0.4) is 0 Å². The van der Waals surface area contributed by atoms with Gasteiger partial charge in [0.05, 0.1) is 6.54 Å². The molecule has 1 aliphatic heterocycles. The predicted octanol–water partition coefficient (Wildman–Crippen LogP) is 2.97. The zero-order chi connectivity index (χ0) is 13.8. The number of hydrogen-bond donors (Lipinski definition) is 1. The van der Waals surface area contributed by atoms with E-state index in [-0.39, 0.29) is 5.91 Å². The number of anilines is 1. The Morgan fingerprint density at radius 3 is 2.37 bits per heavy atom. The maximum Gasteiger partial charge on any atom is 0.241 e. The van der Waals surface area contributed by atoms with E-state index in [0.717, 1.165) is 37.5 Å². The van der Waals surface area contributed by atoms with Gasteiger partial charge in [-0.05, 0) is 55.9 Å². The average Bonchev–Trinajstić information content (AvgIpc) is 2.36. The maximum absolute atomic E-state index is 12.1. The minimum absolute atomic E-state index is 0.214. The number of hydrogen-bond acceptors (Lipinski definition) is 2. The Morgan fingerprint density at radius 2 is 1.79 bits per heavy atom. The van der Waals surface area contributed by atoms with E-state index in [2.05, 4.69) is 44.3 Å². The summed E-state index contributed by atoms with van der Waals surface area (Å²) in [5.41, 5.74) is 3.49. The van der Waals surface area contributed by atoms with E-state index in [4.69, 9.17) is 0 Å². The molecule has 0 bridgehead atoms. The number of nitrogens with zero attached hydrogens (tertiary/aromatic N) is 1. The van der Waals surface area contributed by atoms with Crippen molar-refractivity contribution in [2.24, 2.45) is 5.92 Å². The molecule has 0 saturated carbocycles. The normalized spacial score (nSPS) is 16.5. The molecule has 1 aromatic carbocycles. The van der Waals surface area contributed by atoms with Gasteiger partial charge < -0.3 is 10.2 Å². The average molecular weight is 260 g/mol. The van der Waals surface area contributed by atoms with Crippen LogP contribution >= 0.6 is 0 Å². The maximum atomic E-state index is 12.1. The fourth-order valence-corrected chi connectivity index (χ4v) is 2.62. The summed E-state index contributed by atoms with van der Waals surface area (Å²) in [6, 6.07) is 6.30. The lowest BCUT2D eigenvalue weighted by Crippen LogP contribution is -2.40. The molecule has 1 amide bonds. The van der Waals surface area contributed by atoms with Gasteiger partial charge in [0.2, 0.25) is 5.91 Å². The van der Waals surface area contributed by atoms with Crippen LogP contribution in [-0.2, 0) is 4.79 Å². The van der Waals surface area contributed by atoms with Crippen molar-refractivity contribution in [2.75, 3.05) is 25.0 Å². The first kappa shape index (κ1) is 13.9. The summed E-state index contributed by atoms with van der Waals surface area (Å²) in [5, 5.41) is 3.24. The standard InChI is InChI=1S/C16H24N2O/c1-12-4-6-18(7-5-12)16(19)11-17-15-9-13(2)8-14(3)10-15/h8-10,12,17H,4-7,11H2,1-3H3. The molecule has 0 unspecified atom stereocenters. The second kappa shape index (κ2) is 6.09. The van der Waals surface area contributed by atoms with Crippen molar-refractivity contribution in [2.45, 2.75) is 33.6 Å². The monoisotopic (exact) mass is 260 g/mol. The third-order valence-corrected chi connectivity index (χ3v) is 3.80. The predicted molar refractivity (Wildman–Crippen MR) is 79.4 cm³/mol. The fraction of sp³-hybridized carbons (Fsp3) is 0.562. The second-order valence-corrected chi connectivity index (χ2v) is 5.79. The summed E-state index contributed by atoms with van der Waals surface area (Å²) < 4.78 is 0. The zero-order valence-electron chi connectivity index (χ0n) is 12.2. The Balaban J connectivity index is 1.86. The number of rotatable bonds is 3. The summed E-state index contributed by atoms with van der Waals surface area (Å²) in [6.45, 7) is 8.63. The van der Waals surface area contributed by atoms with Crippen LogP contribution < -0.4 is 5.32 Å². The highest BCUT2D eigenvalue weighted by molar-refractivity contribution is 5.81. The van der Waals surface area contributed by atoms with Gasteiger partial charge in [-0.3, -0.25) is 4.79 Å². The molecular weight excluding hydrogens is 236 g/mol. The Labute approximate surface area is 116 Å². The number of likely N-dealkylation sites (tertiary alicyclic amines) is 1. The van der Waals surface area contributed by atoms with E-state index in [9.17, 15) is 4.79 Å². The molecule has 1 saturated heterocycles. The van der Waals surface area contributed by atoms with Crippen LogP contribution in [0, 0.1) is 19.8 Å². The number of carbonyl (C=O) groups excluding carboxylic acids is 1. The fourth-order valence-electron chi connectivity index (χ4n) is 2.62. The number of nitrogens with one attached hydrogen (secondary N) is 1. The lowest BCUT2D eigenvalue weighted by atomic mass is 9.99. The van der Waals surface area contributed by atoms with Crippen LogP contribution in [0.25, 0.3) is 0 Å². The van der Waals surface area contributed by atoms with Crippen LogP contribution in [0.4, 0.5) is 5.69 Å². The summed E-state index contributed by atoms with van der Waals surface area (Å²) in [7, 11) is 0. The second-order valence-electron chi connectivity index (χ2n) is 5.79. The molecule has 0 aromatic heterocycles. The van der Waals surface area contributed by atoms with Crippen molar-refractivity contribution < 1.29 is 4.79 Å². The van der Waals surface area contributed by atoms with E-state index < -0.39 is 0 Å². The van der Waals surface area contributed by atoms with Crippen molar-refractivity contribution in [1.82, 2.24) is 4.90 Å². The topological polar surface area (TPSA) is 32.3 Å². The molecule has 0 spiro atoms. The SMILES string of the molecule is Cc1cc(C)cc(NCC(=O)N2CCC(C)CC2)c1. The van der Waals surface area contributed by atoms with Crippen LogP contribution in [-0.4, -0.2) is 30.4 Å². The van der Waals surface area contributed by atoms with E-state index in [1.54, 1.807) is 0 Å². The molecule has 2 rings (SSSR count). The number of carbonyl (C=O) groups is 1. The highest BCUT2D eigenvalue weighted by Crippen LogP contribution is 2.17. The highest BCUT2D eigenvalue weighted by atomic mass is 16.2. The quantitative estimate of drug-likeness (QED) is 0.906. The minimum Gasteiger partial charge on any atom is -0.376 e. The van der Waals surface area contributed by atoms with Gasteiger partial charge in [-0.15, -0.1) is 0 Å². The van der Waals surface area contributed by atoms with E-state index in [1.807, 2.05) is 4.90 Å². The first-order chi connectivity index (χ1) is 9.04. The third kappa shape index (κ3) is 3.98. The Bertz CT molecular complexity index is 428. The first-order valence-electron chi connectivity index (χ1n) is 7.14. The molecule has 19 heavy (non-hydrogen) atoms. The van der Waals surface area contributed by atoms with Crippen molar-refractivity contribution in [3.63, 3.8) is 0 Å². The van der Waals surface area contributed by atoms with Gasteiger partial charge in [-0.1, -0.05) is 13.0 Å². The van der Waals surface area contributed by atoms with Crippen LogP contribution in [0.5, 0.6) is 0 Å². The Kier molecular flexibility index (Phi) is 4.46. The molecule has 1 aromatic rings. The van der Waals surface area contributed by atoms with Crippen LogP contribution in [0.15, 0.2) is 18.2 Å². The number of amides is 1. The zero-order valence-corrected chi connectivity index (χ0v) is 12.2. The van der Waals surface area contributed by atoms with Crippen molar-refractivity contribution in [3.05, 3.63) is 29.3 Å². The van der Waals surface area contributed by atoms with Crippen LogP contribution in [0.1, 0.15) is 30.9 Å². The van der Waals surface area contributed by atoms with Gasteiger partial charge in [0, 0.05) is 18.8 Å². The molecular formula is C16H24N2O. The summed E-state index contributed by atoms with van der Waals surface area (Å²) >= 11 is 0. The Morgan fingerprint density at radius 1 is 1.21 bits per heavy atom. The van der Waals surface area contributed by atoms with Gasteiger partial charge in [0.1, 0.15) is 0 Å². The summed E-state index contributed by atoms with van der Waals surface area (Å²) in [5.74, 6) is 0.975. The van der Waals surface area contributed by atoms with E-state index >= 15 is 0 Å². The van der Waals surface area contributed by atoms with Gasteiger partial charge >= 0.3 is 0 Å². The molecule has 0 aliphatic carbocycles. The molecule has 1 heterocycles. The molecule has 1 N–H and O–H groups in total. The third-order valence-electron chi connectivity index (χ3n) is 3.80. The number of aryl methyl sites for hydroxylation is 2. The molecule has 3 heteroatoms. The van der Waals surface area contributed by atoms with Gasteiger partial charge in [-0.2, -0.15) is 0 Å². The summed E-state index contributed by atoms with van der Waals surface area (Å²) in [6.07, 6.45) is 2.27. The Hall–Kier alpha value is -1.51. The number of piperidine rings is 1. The van der Waals surface area contributed by atoms with Gasteiger partial charge in [0.15, 0.2) is 0 Å². The largest absolute Gasteiger partial charge is 0.376 e. The van der Waals surface area contributed by atoms with E-state index in [0.29, 0.717) is 6.54 Å². The molecule has 0 radical (unpaired) electrons. The summed E-state index contributed by atoms with van der Waals surface area (Å²) in [4.78, 5) is 14.1. The lowest BCUT2D eigenvalue weighted by Gasteiger charge is -2.30. The van der Waals surface area contributed by atoms with E-state index in [1.165, 1.54) is 11.1 Å².